The minimum absolute atomic E-state index is 0.0418. The molecule has 0 aliphatic carbocycles. The van der Waals surface area contributed by atoms with Gasteiger partial charge in [0.25, 0.3) is 0 Å². The molecular weight excluding hydrogens is 288 g/mol. The molecule has 1 aromatic rings. The summed E-state index contributed by atoms with van der Waals surface area (Å²) in [5.74, 6) is 0. The number of anilines is 1. The maximum atomic E-state index is 11.3. The van der Waals surface area contributed by atoms with Gasteiger partial charge in [-0.15, -0.1) is 0 Å². The molecule has 2 atom stereocenters. The van der Waals surface area contributed by atoms with Crippen molar-refractivity contribution in [2.45, 2.75) is 36.9 Å². The van der Waals surface area contributed by atoms with E-state index in [9.17, 15) is 8.42 Å². The van der Waals surface area contributed by atoms with Crippen LogP contribution in [0.2, 0.25) is 5.02 Å². The fourth-order valence-corrected chi connectivity index (χ4v) is 2.80. The summed E-state index contributed by atoms with van der Waals surface area (Å²) in [7, 11) is -3.72. The van der Waals surface area contributed by atoms with Gasteiger partial charge in [0, 0.05) is 6.54 Å². The molecule has 1 aliphatic rings. The normalized spacial score (nSPS) is 23.5. The summed E-state index contributed by atoms with van der Waals surface area (Å²) in [6.45, 7) is 2.63. The number of hydrogen-bond acceptors (Lipinski definition) is 4. The fraction of sp³-hybridized carbons (Fsp3) is 0.500. The fourth-order valence-electron chi connectivity index (χ4n) is 2.08. The Morgan fingerprint density at radius 3 is 2.79 bits per heavy atom. The Balaban J connectivity index is 2.07. The molecular formula is C12H17ClN2O3S. The zero-order chi connectivity index (χ0) is 14.0. The molecule has 0 amide bonds. The predicted octanol–water partition coefficient (Wildman–Crippen LogP) is 1.97. The largest absolute Gasteiger partial charge is 0.381 e. The highest BCUT2D eigenvalue weighted by Crippen LogP contribution is 2.26. The van der Waals surface area contributed by atoms with E-state index < -0.39 is 10.0 Å². The summed E-state index contributed by atoms with van der Waals surface area (Å²) in [6, 6.07) is 4.34. The highest BCUT2D eigenvalue weighted by molar-refractivity contribution is 7.89. The highest BCUT2D eigenvalue weighted by atomic mass is 35.5. The van der Waals surface area contributed by atoms with Gasteiger partial charge in [-0.25, -0.2) is 13.6 Å². The van der Waals surface area contributed by atoms with Crippen LogP contribution >= 0.6 is 11.6 Å². The summed E-state index contributed by atoms with van der Waals surface area (Å²) in [5, 5.41) is 8.66. The SMILES string of the molecule is CC1CCC(CNc2cc(S(N)(=O)=O)ccc2Cl)O1. The van der Waals surface area contributed by atoms with Crippen molar-refractivity contribution in [3.8, 4) is 0 Å². The zero-order valence-electron chi connectivity index (χ0n) is 10.6. The average molecular weight is 305 g/mol. The lowest BCUT2D eigenvalue weighted by molar-refractivity contribution is 0.0637. The maximum Gasteiger partial charge on any atom is 0.238 e. The van der Waals surface area contributed by atoms with Crippen LogP contribution in [0.1, 0.15) is 19.8 Å². The first kappa shape index (κ1) is 14.6. The molecule has 1 aromatic carbocycles. The first-order valence-electron chi connectivity index (χ1n) is 6.08. The second-order valence-electron chi connectivity index (χ2n) is 4.71. The Bertz CT molecular complexity index is 562. The Labute approximate surface area is 118 Å². The predicted molar refractivity (Wildman–Crippen MR) is 74.9 cm³/mol. The molecule has 1 aliphatic heterocycles. The third-order valence-electron chi connectivity index (χ3n) is 3.11. The quantitative estimate of drug-likeness (QED) is 0.891. The van der Waals surface area contributed by atoms with Crippen molar-refractivity contribution in [3.63, 3.8) is 0 Å². The second-order valence-corrected chi connectivity index (χ2v) is 6.68. The van der Waals surface area contributed by atoms with Gasteiger partial charge in [-0.1, -0.05) is 11.6 Å². The Hall–Kier alpha value is -0.820. The van der Waals surface area contributed by atoms with E-state index in [0.29, 0.717) is 17.3 Å². The lowest BCUT2D eigenvalue weighted by atomic mass is 10.2. The monoisotopic (exact) mass is 304 g/mol. The Morgan fingerprint density at radius 2 is 2.21 bits per heavy atom. The van der Waals surface area contributed by atoms with Crippen LogP contribution in [-0.2, 0) is 14.8 Å². The number of nitrogens with two attached hydrogens (primary N) is 1. The average Bonchev–Trinajstić information content (AvgIpc) is 2.72. The molecule has 0 spiro atoms. The van der Waals surface area contributed by atoms with Crippen LogP contribution in [0, 0.1) is 0 Å². The lowest BCUT2D eigenvalue weighted by Gasteiger charge is -2.14. The lowest BCUT2D eigenvalue weighted by Crippen LogP contribution is -2.20. The standard InChI is InChI=1S/C12H17ClN2O3S/c1-8-2-3-9(18-8)7-15-12-6-10(19(14,16)17)4-5-11(12)13/h4-6,8-9,15H,2-3,7H2,1H3,(H2,14,16,17). The van der Waals surface area contributed by atoms with Gasteiger partial charge < -0.3 is 10.1 Å². The molecule has 1 fully saturated rings. The topological polar surface area (TPSA) is 81.4 Å². The number of sulfonamides is 1. The van der Waals surface area contributed by atoms with E-state index in [-0.39, 0.29) is 17.1 Å². The van der Waals surface area contributed by atoms with E-state index in [1.165, 1.54) is 18.2 Å². The van der Waals surface area contributed by atoms with Gasteiger partial charge in [0.2, 0.25) is 10.0 Å². The van der Waals surface area contributed by atoms with Crippen molar-refractivity contribution in [3.05, 3.63) is 23.2 Å². The van der Waals surface area contributed by atoms with Crippen molar-refractivity contribution in [2.24, 2.45) is 5.14 Å². The van der Waals surface area contributed by atoms with Crippen LogP contribution < -0.4 is 10.5 Å². The van der Waals surface area contributed by atoms with Crippen molar-refractivity contribution in [1.29, 1.82) is 0 Å². The molecule has 7 heteroatoms. The summed E-state index contributed by atoms with van der Waals surface area (Å²) >= 11 is 6.02. The molecule has 0 radical (unpaired) electrons. The summed E-state index contributed by atoms with van der Waals surface area (Å²) in [4.78, 5) is 0.0418. The van der Waals surface area contributed by atoms with Gasteiger partial charge in [0.1, 0.15) is 0 Å². The van der Waals surface area contributed by atoms with Gasteiger partial charge in [-0.2, -0.15) is 0 Å². The third-order valence-corrected chi connectivity index (χ3v) is 4.35. The van der Waals surface area contributed by atoms with Crippen LogP contribution in [0.4, 0.5) is 5.69 Å². The van der Waals surface area contributed by atoms with Gasteiger partial charge in [0.05, 0.1) is 27.8 Å². The molecule has 0 bridgehead atoms. The maximum absolute atomic E-state index is 11.3. The number of benzene rings is 1. The van der Waals surface area contributed by atoms with E-state index in [2.05, 4.69) is 5.32 Å². The number of nitrogens with one attached hydrogen (secondary N) is 1. The number of rotatable bonds is 4. The van der Waals surface area contributed by atoms with Gasteiger partial charge in [0.15, 0.2) is 0 Å². The number of hydrogen-bond donors (Lipinski definition) is 2. The highest BCUT2D eigenvalue weighted by Gasteiger charge is 2.21. The summed E-state index contributed by atoms with van der Waals surface area (Å²) < 4.78 is 28.2. The van der Waals surface area contributed by atoms with E-state index in [1.807, 2.05) is 6.92 Å². The Morgan fingerprint density at radius 1 is 1.47 bits per heavy atom. The van der Waals surface area contributed by atoms with Gasteiger partial charge >= 0.3 is 0 Å². The minimum Gasteiger partial charge on any atom is -0.381 e. The summed E-state index contributed by atoms with van der Waals surface area (Å²) in [6.07, 6.45) is 2.43. The van der Waals surface area contributed by atoms with Crippen LogP contribution in [-0.4, -0.2) is 27.2 Å². The second kappa shape index (κ2) is 5.66. The van der Waals surface area contributed by atoms with Gasteiger partial charge in [-0.05, 0) is 38.0 Å². The molecule has 1 saturated heterocycles. The third kappa shape index (κ3) is 3.82. The molecule has 0 aromatic heterocycles. The molecule has 19 heavy (non-hydrogen) atoms. The smallest absolute Gasteiger partial charge is 0.238 e. The molecule has 2 rings (SSSR count). The van der Waals surface area contributed by atoms with Crippen LogP contribution in [0.5, 0.6) is 0 Å². The molecule has 2 unspecified atom stereocenters. The molecule has 5 nitrogen and oxygen atoms in total. The molecule has 1 heterocycles. The first-order chi connectivity index (χ1) is 8.86. The molecule has 106 valence electrons. The van der Waals surface area contributed by atoms with Crippen molar-refractivity contribution < 1.29 is 13.2 Å². The van der Waals surface area contributed by atoms with Crippen LogP contribution in [0.15, 0.2) is 23.1 Å². The van der Waals surface area contributed by atoms with Crippen molar-refractivity contribution in [2.75, 3.05) is 11.9 Å². The summed E-state index contributed by atoms with van der Waals surface area (Å²) in [5.41, 5.74) is 0.552. The number of primary sulfonamides is 1. The zero-order valence-corrected chi connectivity index (χ0v) is 12.2. The molecule has 3 N–H and O–H groups in total. The van der Waals surface area contributed by atoms with Gasteiger partial charge in [-0.3, -0.25) is 0 Å². The van der Waals surface area contributed by atoms with Crippen LogP contribution in [0.3, 0.4) is 0 Å². The van der Waals surface area contributed by atoms with E-state index in [4.69, 9.17) is 21.5 Å². The van der Waals surface area contributed by atoms with E-state index >= 15 is 0 Å². The number of halogens is 1. The van der Waals surface area contributed by atoms with Crippen LogP contribution in [0.25, 0.3) is 0 Å². The molecule has 0 saturated carbocycles. The van der Waals surface area contributed by atoms with E-state index in [1.54, 1.807) is 0 Å². The minimum atomic E-state index is -3.72. The van der Waals surface area contributed by atoms with Crippen molar-refractivity contribution in [1.82, 2.24) is 0 Å². The first-order valence-corrected chi connectivity index (χ1v) is 8.00. The van der Waals surface area contributed by atoms with Crippen molar-refractivity contribution >= 4 is 27.3 Å². The van der Waals surface area contributed by atoms with E-state index in [0.717, 1.165) is 12.8 Å². The Kier molecular flexibility index (Phi) is 4.35. The number of ether oxygens (including phenoxy) is 1.